The van der Waals surface area contributed by atoms with Gasteiger partial charge >= 0.3 is 17.9 Å². The molecule has 1 aromatic heterocycles. The number of hydrogen-bond acceptors (Lipinski definition) is 4. The highest BCUT2D eigenvalue weighted by atomic mass is 35.5. The van der Waals surface area contributed by atoms with Gasteiger partial charge in [-0.25, -0.2) is 13.8 Å². The highest BCUT2D eigenvalue weighted by molar-refractivity contribution is 6.43. The van der Waals surface area contributed by atoms with E-state index < -0.39 is 50.8 Å². The quantitative estimate of drug-likeness (QED) is 0.356. The van der Waals surface area contributed by atoms with Crippen LogP contribution in [0.4, 0.5) is 23.2 Å². The Morgan fingerprint density at radius 1 is 1.22 bits per heavy atom. The standard InChI is InChI=1S/C10H4Cl2F4N4O3/c11-7(12)8-17-19(10(21)18(8)9(15)16)5-1-4(14)6(20(22)23)2-3(5)13/h1-2,7,9H. The zero-order chi connectivity index (χ0) is 17.5. The molecule has 0 saturated carbocycles. The van der Waals surface area contributed by atoms with Gasteiger partial charge in [-0.15, -0.1) is 5.10 Å². The van der Waals surface area contributed by atoms with Crippen molar-refractivity contribution in [1.29, 1.82) is 0 Å². The lowest BCUT2D eigenvalue weighted by atomic mass is 10.2. The number of halogens is 6. The van der Waals surface area contributed by atoms with Crippen molar-refractivity contribution in [2.45, 2.75) is 11.4 Å². The van der Waals surface area contributed by atoms with Crippen LogP contribution in [0.5, 0.6) is 0 Å². The second-order valence-electron chi connectivity index (χ2n) is 4.01. The van der Waals surface area contributed by atoms with Crippen LogP contribution in [-0.2, 0) is 0 Å². The SMILES string of the molecule is O=c1n(-c2cc(F)c([N+](=O)[O-])cc2F)nc(C(Cl)Cl)n1C(F)F. The van der Waals surface area contributed by atoms with Crippen molar-refractivity contribution in [3.63, 3.8) is 0 Å². The molecular formula is C10H4Cl2F4N4O3. The van der Waals surface area contributed by atoms with Gasteiger partial charge in [-0.05, 0) is 0 Å². The van der Waals surface area contributed by atoms with Gasteiger partial charge in [0, 0.05) is 6.07 Å². The highest BCUT2D eigenvalue weighted by Crippen LogP contribution is 2.27. The summed E-state index contributed by atoms with van der Waals surface area (Å²) in [7, 11) is 0. The minimum atomic E-state index is -3.39. The molecule has 0 fully saturated rings. The van der Waals surface area contributed by atoms with Crippen LogP contribution in [-0.4, -0.2) is 19.3 Å². The molecule has 1 heterocycles. The molecule has 0 amide bonds. The number of benzene rings is 1. The second-order valence-corrected chi connectivity index (χ2v) is 5.11. The van der Waals surface area contributed by atoms with Crippen molar-refractivity contribution in [1.82, 2.24) is 14.3 Å². The van der Waals surface area contributed by atoms with Gasteiger partial charge in [-0.2, -0.15) is 17.9 Å². The molecule has 2 rings (SSSR count). The molecule has 0 unspecified atom stereocenters. The van der Waals surface area contributed by atoms with Crippen molar-refractivity contribution >= 4 is 28.9 Å². The zero-order valence-electron chi connectivity index (χ0n) is 10.6. The summed E-state index contributed by atoms with van der Waals surface area (Å²) in [6, 6.07) is 0.468. The predicted molar refractivity (Wildman–Crippen MR) is 70.1 cm³/mol. The van der Waals surface area contributed by atoms with Crippen LogP contribution in [0.1, 0.15) is 17.2 Å². The third-order valence-corrected chi connectivity index (χ3v) is 3.06. The highest BCUT2D eigenvalue weighted by Gasteiger charge is 2.27. The summed E-state index contributed by atoms with van der Waals surface area (Å²) in [6.07, 6.45) is 0. The fourth-order valence-electron chi connectivity index (χ4n) is 1.71. The van der Waals surface area contributed by atoms with E-state index >= 15 is 0 Å². The topological polar surface area (TPSA) is 83.0 Å². The van der Waals surface area contributed by atoms with Gasteiger partial charge in [0.05, 0.1) is 11.0 Å². The van der Waals surface area contributed by atoms with E-state index in [4.69, 9.17) is 23.2 Å². The van der Waals surface area contributed by atoms with Crippen LogP contribution in [0.15, 0.2) is 16.9 Å². The first-order chi connectivity index (χ1) is 10.6. The zero-order valence-corrected chi connectivity index (χ0v) is 12.1. The van der Waals surface area contributed by atoms with Crippen molar-refractivity contribution in [3.05, 3.63) is 50.2 Å². The average molecular weight is 375 g/mol. The lowest BCUT2D eigenvalue weighted by Crippen LogP contribution is -2.25. The number of nitrogens with zero attached hydrogens (tertiary/aromatic N) is 4. The lowest BCUT2D eigenvalue weighted by molar-refractivity contribution is -0.387. The Hall–Kier alpha value is -2.14. The van der Waals surface area contributed by atoms with Crippen molar-refractivity contribution in [3.8, 4) is 5.69 Å². The summed E-state index contributed by atoms with van der Waals surface area (Å²) in [5.41, 5.74) is -3.65. The molecule has 0 N–H and O–H groups in total. The summed E-state index contributed by atoms with van der Waals surface area (Å²) in [5, 5.41) is 13.8. The monoisotopic (exact) mass is 374 g/mol. The second kappa shape index (κ2) is 6.16. The fraction of sp³-hybridized carbons (Fsp3) is 0.200. The molecule has 0 atom stereocenters. The number of hydrogen-bond donors (Lipinski definition) is 0. The molecule has 124 valence electrons. The Kier molecular flexibility index (Phi) is 4.61. The molecular weight excluding hydrogens is 371 g/mol. The molecule has 1 aromatic carbocycles. The van der Waals surface area contributed by atoms with E-state index in [2.05, 4.69) is 5.10 Å². The van der Waals surface area contributed by atoms with Crippen molar-refractivity contribution in [2.75, 3.05) is 0 Å². The van der Waals surface area contributed by atoms with Crippen LogP contribution in [0.25, 0.3) is 5.69 Å². The molecule has 0 saturated heterocycles. The Balaban J connectivity index is 2.73. The molecule has 0 bridgehead atoms. The fourth-order valence-corrected chi connectivity index (χ4v) is 2.01. The summed E-state index contributed by atoms with van der Waals surface area (Å²) >= 11 is 10.8. The Bertz CT molecular complexity index is 836. The lowest BCUT2D eigenvalue weighted by Gasteiger charge is -2.02. The van der Waals surface area contributed by atoms with E-state index in [0.29, 0.717) is 0 Å². The molecule has 0 spiro atoms. The third-order valence-electron chi connectivity index (χ3n) is 2.67. The Morgan fingerprint density at radius 2 is 1.83 bits per heavy atom. The number of nitro benzene ring substituents is 1. The summed E-state index contributed by atoms with van der Waals surface area (Å²) < 4.78 is 53.0. The maximum absolute atomic E-state index is 13.9. The Morgan fingerprint density at radius 3 is 2.26 bits per heavy atom. The number of nitro groups is 1. The molecule has 13 heteroatoms. The molecule has 0 aliphatic heterocycles. The van der Waals surface area contributed by atoms with E-state index in [1.54, 1.807) is 0 Å². The molecule has 0 aliphatic rings. The average Bonchev–Trinajstić information content (AvgIpc) is 2.78. The molecule has 0 aliphatic carbocycles. The van der Waals surface area contributed by atoms with Gasteiger partial charge in [-0.1, -0.05) is 23.2 Å². The predicted octanol–water partition coefficient (Wildman–Crippen LogP) is 3.09. The minimum Gasteiger partial charge on any atom is -0.258 e. The Labute approximate surface area is 133 Å². The molecule has 0 radical (unpaired) electrons. The third kappa shape index (κ3) is 3.01. The molecule has 2 aromatic rings. The van der Waals surface area contributed by atoms with Crippen LogP contribution in [0.2, 0.25) is 0 Å². The van der Waals surface area contributed by atoms with Crippen LogP contribution in [0.3, 0.4) is 0 Å². The van der Waals surface area contributed by atoms with Crippen molar-refractivity contribution < 1.29 is 22.5 Å². The summed E-state index contributed by atoms with van der Waals surface area (Å²) in [6.45, 7) is -3.39. The van der Waals surface area contributed by atoms with E-state index in [1.165, 1.54) is 0 Å². The van der Waals surface area contributed by atoms with E-state index in [9.17, 15) is 32.5 Å². The molecule has 23 heavy (non-hydrogen) atoms. The first-order valence-corrected chi connectivity index (χ1v) is 6.44. The van der Waals surface area contributed by atoms with Gasteiger partial charge in [0.1, 0.15) is 5.69 Å². The first kappa shape index (κ1) is 17.2. The smallest absolute Gasteiger partial charge is 0.258 e. The number of aromatic nitrogens is 3. The number of rotatable bonds is 4. The minimum absolute atomic E-state index is 0.0847. The van der Waals surface area contributed by atoms with Gasteiger partial charge in [-0.3, -0.25) is 10.1 Å². The van der Waals surface area contributed by atoms with Gasteiger partial charge in [0.25, 0.3) is 0 Å². The maximum Gasteiger partial charge on any atom is 0.355 e. The maximum atomic E-state index is 13.9. The normalized spacial score (nSPS) is 11.5. The van der Waals surface area contributed by atoms with Gasteiger partial charge in [0.15, 0.2) is 16.5 Å². The first-order valence-electron chi connectivity index (χ1n) is 5.56. The number of alkyl halides is 4. The van der Waals surface area contributed by atoms with E-state index in [-0.39, 0.29) is 21.4 Å². The summed E-state index contributed by atoms with van der Waals surface area (Å²) in [5.74, 6) is -3.71. The van der Waals surface area contributed by atoms with Crippen LogP contribution < -0.4 is 5.69 Å². The largest absolute Gasteiger partial charge is 0.355 e. The van der Waals surface area contributed by atoms with Crippen LogP contribution >= 0.6 is 23.2 Å². The molecule has 7 nitrogen and oxygen atoms in total. The van der Waals surface area contributed by atoms with Crippen LogP contribution in [0, 0.1) is 21.7 Å². The van der Waals surface area contributed by atoms with E-state index in [1.807, 2.05) is 0 Å². The van der Waals surface area contributed by atoms with E-state index in [0.717, 1.165) is 0 Å². The van der Waals surface area contributed by atoms with Gasteiger partial charge in [0.2, 0.25) is 5.82 Å². The summed E-state index contributed by atoms with van der Waals surface area (Å²) in [4.78, 5) is 19.5. The van der Waals surface area contributed by atoms with Gasteiger partial charge < -0.3 is 0 Å². The van der Waals surface area contributed by atoms with Crippen molar-refractivity contribution in [2.24, 2.45) is 0 Å².